The number of carbonyl (C=O) groups excluding carboxylic acids is 1. The first-order valence-corrected chi connectivity index (χ1v) is 17.2. The lowest BCUT2D eigenvalue weighted by Crippen LogP contribution is -2.55. The van der Waals surface area contributed by atoms with Gasteiger partial charge in [0.1, 0.15) is 36.4 Å². The van der Waals surface area contributed by atoms with Gasteiger partial charge < -0.3 is 19.3 Å². The number of pyridine rings is 1. The molecular weight excluding hydrogens is 709 g/mol. The maximum atomic E-state index is 16.6. The Morgan fingerprint density at radius 1 is 1.10 bits per heavy atom. The van der Waals surface area contributed by atoms with Gasteiger partial charge in [0.2, 0.25) is 0 Å². The van der Waals surface area contributed by atoms with Crippen LogP contribution in [0, 0.1) is 17.1 Å². The number of anilines is 1. The van der Waals surface area contributed by atoms with Crippen molar-refractivity contribution in [1.82, 2.24) is 24.8 Å². The number of amides is 1. The maximum absolute atomic E-state index is 16.6. The van der Waals surface area contributed by atoms with E-state index in [1.807, 2.05) is 35.2 Å². The SMILES string of the molecule is N#CC[C@H]1CN(c2nc(OC[C@@]34CCCN3C[C@H](F)C4)nc3c(F)c(-c4cc(Cl)ccc4C(F)(F)F)ncc23)CCN1C(=O)OCc1ccccc1. The van der Waals surface area contributed by atoms with Crippen LogP contribution in [-0.4, -0.2) is 87.9 Å². The molecule has 10 nitrogen and oxygen atoms in total. The van der Waals surface area contributed by atoms with Crippen molar-refractivity contribution >= 4 is 34.4 Å². The lowest BCUT2D eigenvalue weighted by molar-refractivity contribution is -0.137. The number of nitriles is 1. The van der Waals surface area contributed by atoms with Crippen LogP contribution in [0.15, 0.2) is 54.7 Å². The molecule has 3 aliphatic heterocycles. The summed E-state index contributed by atoms with van der Waals surface area (Å²) in [5, 5.41) is 9.69. The van der Waals surface area contributed by atoms with Crippen LogP contribution in [0.2, 0.25) is 5.02 Å². The lowest BCUT2D eigenvalue weighted by Gasteiger charge is -2.40. The van der Waals surface area contributed by atoms with Gasteiger partial charge in [0.15, 0.2) is 5.82 Å². The average molecular weight is 742 g/mol. The number of hydrogen-bond donors (Lipinski definition) is 0. The van der Waals surface area contributed by atoms with E-state index in [9.17, 15) is 27.6 Å². The fraction of sp³-hybridized carbons (Fsp3) is 0.417. The summed E-state index contributed by atoms with van der Waals surface area (Å²) in [6, 6.07) is 13.1. The van der Waals surface area contributed by atoms with Gasteiger partial charge in [-0.2, -0.15) is 28.4 Å². The Morgan fingerprint density at radius 3 is 2.67 bits per heavy atom. The third kappa shape index (κ3) is 7.01. The number of nitrogens with zero attached hydrogens (tertiary/aromatic N) is 7. The normalized spacial score (nSPS) is 22.0. The largest absolute Gasteiger partial charge is 0.461 e. The summed E-state index contributed by atoms with van der Waals surface area (Å²) in [5.41, 5.74) is -2.48. The fourth-order valence-corrected chi connectivity index (χ4v) is 7.66. The number of benzene rings is 2. The second-order valence-corrected chi connectivity index (χ2v) is 13.7. The molecule has 0 radical (unpaired) electrons. The highest BCUT2D eigenvalue weighted by atomic mass is 35.5. The highest BCUT2D eigenvalue weighted by molar-refractivity contribution is 6.30. The Bertz CT molecular complexity index is 2020. The van der Waals surface area contributed by atoms with Gasteiger partial charge in [-0.25, -0.2) is 13.6 Å². The standard InChI is InChI=1S/C36H33ClF5N7O3/c37-23-7-8-28(36(40,41)42)26(15-23)30-29(39)31-27(17-44-30)32(46-33(45-31)52-21-35-10-4-12-48(35)18-24(38)16-35)47-13-14-49(25(19-47)9-11-43)34(50)51-20-22-5-2-1-3-6-22/h1-3,5-8,15,17,24-25H,4,9-10,12-14,16,18-21H2/t24-,25+,35+/m1/s1. The lowest BCUT2D eigenvalue weighted by atomic mass is 9.95. The van der Waals surface area contributed by atoms with Crippen molar-refractivity contribution in [3.8, 4) is 23.3 Å². The van der Waals surface area contributed by atoms with Crippen molar-refractivity contribution in [3.63, 3.8) is 0 Å². The number of aromatic nitrogens is 3. The summed E-state index contributed by atoms with van der Waals surface area (Å²) in [4.78, 5) is 31.5. The zero-order valence-electron chi connectivity index (χ0n) is 27.8. The van der Waals surface area contributed by atoms with E-state index in [4.69, 9.17) is 21.1 Å². The van der Waals surface area contributed by atoms with E-state index in [0.29, 0.717) is 13.0 Å². The predicted octanol–water partition coefficient (Wildman–Crippen LogP) is 7.20. The zero-order chi connectivity index (χ0) is 36.6. The highest BCUT2D eigenvalue weighted by Crippen LogP contribution is 2.42. The summed E-state index contributed by atoms with van der Waals surface area (Å²) in [5.74, 6) is -1.00. The van der Waals surface area contributed by atoms with Crippen LogP contribution < -0.4 is 9.64 Å². The molecule has 0 N–H and O–H groups in total. The molecule has 3 atom stereocenters. The number of piperazine rings is 1. The summed E-state index contributed by atoms with van der Waals surface area (Å²) in [6.07, 6.45) is -3.56. The minimum atomic E-state index is -4.84. The Labute approximate surface area is 300 Å². The molecule has 0 saturated carbocycles. The van der Waals surface area contributed by atoms with E-state index < -0.39 is 52.7 Å². The molecule has 2 aromatic carbocycles. The van der Waals surface area contributed by atoms with Crippen LogP contribution in [0.4, 0.5) is 32.6 Å². The van der Waals surface area contributed by atoms with Crippen molar-refractivity contribution in [2.75, 3.05) is 44.2 Å². The maximum Gasteiger partial charge on any atom is 0.417 e. The third-order valence-corrected chi connectivity index (χ3v) is 10.2. The van der Waals surface area contributed by atoms with Crippen LogP contribution in [0.5, 0.6) is 6.01 Å². The smallest absolute Gasteiger partial charge is 0.417 e. The summed E-state index contributed by atoms with van der Waals surface area (Å²) >= 11 is 6.06. The molecule has 0 unspecified atom stereocenters. The van der Waals surface area contributed by atoms with E-state index in [0.717, 1.165) is 30.2 Å². The van der Waals surface area contributed by atoms with Crippen LogP contribution in [0.1, 0.15) is 36.8 Å². The van der Waals surface area contributed by atoms with Gasteiger partial charge in [-0.1, -0.05) is 41.9 Å². The molecule has 3 saturated heterocycles. The van der Waals surface area contributed by atoms with Gasteiger partial charge in [0, 0.05) is 49.4 Å². The average Bonchev–Trinajstić information content (AvgIpc) is 3.65. The molecule has 16 heteroatoms. The van der Waals surface area contributed by atoms with Crippen LogP contribution in [0.3, 0.4) is 0 Å². The molecule has 272 valence electrons. The molecule has 0 bridgehead atoms. The van der Waals surface area contributed by atoms with Crippen molar-refractivity contribution in [3.05, 3.63) is 76.7 Å². The number of hydrogen-bond acceptors (Lipinski definition) is 9. The van der Waals surface area contributed by atoms with Crippen molar-refractivity contribution in [2.24, 2.45) is 0 Å². The van der Waals surface area contributed by atoms with Gasteiger partial charge in [0.05, 0.1) is 35.0 Å². The zero-order valence-corrected chi connectivity index (χ0v) is 28.5. The van der Waals surface area contributed by atoms with E-state index in [1.54, 1.807) is 4.90 Å². The molecular formula is C36H33ClF5N7O3. The minimum Gasteiger partial charge on any atom is -0.461 e. The van der Waals surface area contributed by atoms with Crippen molar-refractivity contribution in [2.45, 2.75) is 56.2 Å². The number of alkyl halides is 4. The first-order chi connectivity index (χ1) is 25.0. The second kappa shape index (κ2) is 14.3. The van der Waals surface area contributed by atoms with E-state index >= 15 is 4.39 Å². The number of halogens is 6. The van der Waals surface area contributed by atoms with E-state index in [-0.39, 0.29) is 80.0 Å². The van der Waals surface area contributed by atoms with Gasteiger partial charge >= 0.3 is 18.3 Å². The highest BCUT2D eigenvalue weighted by Gasteiger charge is 2.49. The van der Waals surface area contributed by atoms with Gasteiger partial charge in [-0.05, 0) is 43.1 Å². The molecule has 0 spiro atoms. The molecule has 4 aromatic rings. The monoisotopic (exact) mass is 741 g/mol. The molecule has 1 amide bonds. The summed E-state index contributed by atoms with van der Waals surface area (Å²) in [7, 11) is 0. The first-order valence-electron chi connectivity index (χ1n) is 16.8. The molecule has 52 heavy (non-hydrogen) atoms. The minimum absolute atomic E-state index is 0.0164. The van der Waals surface area contributed by atoms with Gasteiger partial charge in [-0.15, -0.1) is 0 Å². The first kappa shape index (κ1) is 35.6. The van der Waals surface area contributed by atoms with Gasteiger partial charge in [0.25, 0.3) is 0 Å². The fourth-order valence-electron chi connectivity index (χ4n) is 7.49. The number of rotatable bonds is 8. The van der Waals surface area contributed by atoms with Crippen LogP contribution in [-0.2, 0) is 17.5 Å². The topological polar surface area (TPSA) is 108 Å². The summed E-state index contributed by atoms with van der Waals surface area (Å²) in [6.45, 7) is 1.40. The Kier molecular flexibility index (Phi) is 9.79. The predicted molar refractivity (Wildman–Crippen MR) is 181 cm³/mol. The Hall–Kier alpha value is -4.81. The molecule has 3 fully saturated rings. The van der Waals surface area contributed by atoms with Crippen LogP contribution in [0.25, 0.3) is 22.2 Å². The van der Waals surface area contributed by atoms with Gasteiger partial charge in [-0.3, -0.25) is 9.88 Å². The van der Waals surface area contributed by atoms with Crippen molar-refractivity contribution in [1.29, 1.82) is 5.26 Å². The molecule has 2 aromatic heterocycles. The Morgan fingerprint density at radius 2 is 1.90 bits per heavy atom. The quantitative estimate of drug-likeness (QED) is 0.173. The molecule has 3 aliphatic rings. The molecule has 5 heterocycles. The van der Waals surface area contributed by atoms with Crippen molar-refractivity contribution < 1.29 is 36.2 Å². The summed E-state index contributed by atoms with van der Waals surface area (Å²) < 4.78 is 84.9. The van der Waals surface area contributed by atoms with E-state index in [2.05, 4.69) is 21.0 Å². The van der Waals surface area contributed by atoms with E-state index in [1.165, 1.54) is 11.1 Å². The Balaban J connectivity index is 1.25. The second-order valence-electron chi connectivity index (χ2n) is 13.3. The number of carbonyl (C=O) groups is 1. The molecule has 0 aliphatic carbocycles. The number of fused-ring (bicyclic) bond motifs is 2. The van der Waals surface area contributed by atoms with Crippen LogP contribution >= 0.6 is 11.6 Å². The third-order valence-electron chi connectivity index (χ3n) is 9.97. The number of ether oxygens (including phenoxy) is 2. The molecule has 7 rings (SSSR count).